The van der Waals surface area contributed by atoms with Crippen molar-refractivity contribution in [1.29, 1.82) is 0 Å². The Morgan fingerprint density at radius 3 is 2.12 bits per heavy atom. The first-order chi connectivity index (χ1) is 3.68. The van der Waals surface area contributed by atoms with Gasteiger partial charge in [-0.3, -0.25) is 4.99 Å². The number of rotatable bonds is 2. The molecule has 1 nitrogen and oxygen atoms in total. The van der Waals surface area contributed by atoms with Gasteiger partial charge in [-0.05, 0) is 19.8 Å². The predicted molar refractivity (Wildman–Crippen MR) is 38.5 cm³/mol. The maximum Gasteiger partial charge on any atom is 0.0360 e. The van der Waals surface area contributed by atoms with Crippen molar-refractivity contribution in [2.75, 3.05) is 6.54 Å². The topological polar surface area (TPSA) is 12.4 Å². The van der Waals surface area contributed by atoms with E-state index in [4.69, 9.17) is 0 Å². The summed E-state index contributed by atoms with van der Waals surface area (Å²) >= 11 is 0. The molecule has 0 aliphatic rings. The minimum Gasteiger partial charge on any atom is -0.294 e. The van der Waals surface area contributed by atoms with Crippen molar-refractivity contribution >= 4 is 5.71 Å². The summed E-state index contributed by atoms with van der Waals surface area (Å²) in [6.45, 7) is 9.38. The van der Waals surface area contributed by atoms with Gasteiger partial charge in [0.2, 0.25) is 0 Å². The number of nitrogens with zero attached hydrogens (tertiary/aromatic N) is 1. The van der Waals surface area contributed by atoms with Crippen LogP contribution >= 0.6 is 0 Å². The van der Waals surface area contributed by atoms with Gasteiger partial charge in [-0.2, -0.15) is 0 Å². The van der Waals surface area contributed by atoms with Crippen LogP contribution in [0.2, 0.25) is 0 Å². The van der Waals surface area contributed by atoms with E-state index in [1.54, 1.807) is 0 Å². The van der Waals surface area contributed by atoms with Gasteiger partial charge in [0.15, 0.2) is 0 Å². The van der Waals surface area contributed by atoms with Crippen LogP contribution in [0.25, 0.3) is 0 Å². The van der Waals surface area contributed by atoms with Gasteiger partial charge in [0.25, 0.3) is 0 Å². The Morgan fingerprint density at radius 1 is 1.50 bits per heavy atom. The van der Waals surface area contributed by atoms with Crippen molar-refractivity contribution in [3.05, 3.63) is 0 Å². The fourth-order valence-electron chi connectivity index (χ4n) is 0.432. The molecule has 0 amide bonds. The molecule has 0 aliphatic heterocycles. The van der Waals surface area contributed by atoms with Crippen LogP contribution in [0.3, 0.4) is 0 Å². The molecule has 1 heteroatoms. The summed E-state index contributed by atoms with van der Waals surface area (Å²) in [5, 5.41) is 0. The summed E-state index contributed by atoms with van der Waals surface area (Å²) in [6.07, 6.45) is 0. The van der Waals surface area contributed by atoms with Crippen molar-refractivity contribution in [2.45, 2.75) is 27.7 Å². The summed E-state index contributed by atoms with van der Waals surface area (Å²) in [5.74, 6) is 0.620. The summed E-state index contributed by atoms with van der Waals surface area (Å²) < 4.78 is 0. The summed E-state index contributed by atoms with van der Waals surface area (Å²) in [4.78, 5) is 4.24. The first-order valence-corrected chi connectivity index (χ1v) is 3.19. The van der Waals surface area contributed by atoms with Gasteiger partial charge in [0.1, 0.15) is 0 Å². The minimum absolute atomic E-state index is 0.620. The average molecular weight is 113 g/mol. The Kier molecular flexibility index (Phi) is 3.49. The lowest BCUT2D eigenvalue weighted by Gasteiger charge is -2.00. The summed E-state index contributed by atoms with van der Waals surface area (Å²) in [7, 11) is 0. The van der Waals surface area contributed by atoms with Gasteiger partial charge in [0.05, 0.1) is 0 Å². The zero-order valence-electron chi connectivity index (χ0n) is 6.23. The van der Waals surface area contributed by atoms with E-state index in [1.165, 1.54) is 5.71 Å². The molecule has 48 valence electrons. The maximum absolute atomic E-state index is 4.24. The molecule has 0 fully saturated rings. The van der Waals surface area contributed by atoms with Crippen LogP contribution in [0, 0.1) is 5.92 Å². The molecule has 0 N–H and O–H groups in total. The minimum atomic E-state index is 0.620. The number of hydrogen-bond acceptors (Lipinski definition) is 1. The van der Waals surface area contributed by atoms with Gasteiger partial charge in [0, 0.05) is 12.3 Å². The Hall–Kier alpha value is -0.330. The normalized spacial score (nSPS) is 12.9. The van der Waals surface area contributed by atoms with Crippen molar-refractivity contribution in [1.82, 2.24) is 0 Å². The van der Waals surface area contributed by atoms with Crippen molar-refractivity contribution < 1.29 is 0 Å². The smallest absolute Gasteiger partial charge is 0.0360 e. The lowest BCUT2D eigenvalue weighted by Crippen LogP contribution is -2.01. The van der Waals surface area contributed by atoms with Crippen LogP contribution in [0.1, 0.15) is 27.7 Å². The zero-order chi connectivity index (χ0) is 6.57. The molecular formula is C7H15N. The molecule has 0 aromatic rings. The van der Waals surface area contributed by atoms with Gasteiger partial charge < -0.3 is 0 Å². The average Bonchev–Trinajstić information content (AvgIpc) is 1.67. The molecule has 0 atom stereocenters. The van der Waals surface area contributed by atoms with E-state index < -0.39 is 0 Å². The fraction of sp³-hybridized carbons (Fsp3) is 0.857. The van der Waals surface area contributed by atoms with E-state index in [-0.39, 0.29) is 0 Å². The first kappa shape index (κ1) is 7.67. The third-order valence-corrected chi connectivity index (χ3v) is 1.24. The van der Waals surface area contributed by atoms with E-state index in [9.17, 15) is 0 Å². The van der Waals surface area contributed by atoms with Gasteiger partial charge >= 0.3 is 0 Å². The van der Waals surface area contributed by atoms with Crippen LogP contribution in [-0.2, 0) is 0 Å². The molecule has 8 heavy (non-hydrogen) atoms. The Bertz CT molecular complexity index is 82.4. The van der Waals surface area contributed by atoms with E-state index in [0.29, 0.717) is 5.92 Å². The molecular weight excluding hydrogens is 98.1 g/mol. The highest BCUT2D eigenvalue weighted by Gasteiger charge is 1.93. The SMILES string of the molecule is CCN=C(C)C(C)C. The predicted octanol–water partition coefficient (Wildman–Crippen LogP) is 2.12. The maximum atomic E-state index is 4.24. The standard InChI is InChI=1S/C7H15N/c1-5-8-7(4)6(2)3/h6H,5H2,1-4H3. The first-order valence-electron chi connectivity index (χ1n) is 3.19. The van der Waals surface area contributed by atoms with Crippen molar-refractivity contribution in [2.24, 2.45) is 10.9 Å². The second-order valence-electron chi connectivity index (χ2n) is 2.27. The van der Waals surface area contributed by atoms with Gasteiger partial charge in [-0.25, -0.2) is 0 Å². The molecule has 0 heterocycles. The van der Waals surface area contributed by atoms with Crippen molar-refractivity contribution in [3.63, 3.8) is 0 Å². The molecule has 0 radical (unpaired) electrons. The van der Waals surface area contributed by atoms with Crippen LogP contribution in [-0.4, -0.2) is 12.3 Å². The van der Waals surface area contributed by atoms with Crippen LogP contribution in [0.5, 0.6) is 0 Å². The van der Waals surface area contributed by atoms with Crippen molar-refractivity contribution in [3.8, 4) is 0 Å². The molecule has 0 saturated carbocycles. The second kappa shape index (κ2) is 3.65. The van der Waals surface area contributed by atoms with E-state index >= 15 is 0 Å². The molecule has 0 unspecified atom stereocenters. The third-order valence-electron chi connectivity index (χ3n) is 1.24. The highest BCUT2D eigenvalue weighted by molar-refractivity contribution is 5.83. The Morgan fingerprint density at radius 2 is 2.00 bits per heavy atom. The Balaban J connectivity index is 3.61. The molecule has 0 aromatic heterocycles. The largest absolute Gasteiger partial charge is 0.294 e. The second-order valence-corrected chi connectivity index (χ2v) is 2.27. The third kappa shape index (κ3) is 2.78. The van der Waals surface area contributed by atoms with Gasteiger partial charge in [-0.1, -0.05) is 13.8 Å². The fourth-order valence-corrected chi connectivity index (χ4v) is 0.432. The number of hydrogen-bond donors (Lipinski definition) is 0. The number of aliphatic imine (C=N–C) groups is 1. The summed E-state index contributed by atoms with van der Waals surface area (Å²) in [6, 6.07) is 0. The zero-order valence-corrected chi connectivity index (χ0v) is 6.23. The highest BCUT2D eigenvalue weighted by atomic mass is 14.7. The lowest BCUT2D eigenvalue weighted by atomic mass is 10.1. The monoisotopic (exact) mass is 113 g/mol. The molecule has 0 bridgehead atoms. The molecule has 0 rings (SSSR count). The van der Waals surface area contributed by atoms with E-state index in [1.807, 2.05) is 0 Å². The molecule has 0 aromatic carbocycles. The molecule has 0 saturated heterocycles. The molecule has 0 aliphatic carbocycles. The van der Waals surface area contributed by atoms with E-state index in [0.717, 1.165) is 6.54 Å². The van der Waals surface area contributed by atoms with Gasteiger partial charge in [-0.15, -0.1) is 0 Å². The van der Waals surface area contributed by atoms with Crippen LogP contribution < -0.4 is 0 Å². The quantitative estimate of drug-likeness (QED) is 0.486. The summed E-state index contributed by atoms with van der Waals surface area (Å²) in [5.41, 5.74) is 1.26. The Labute approximate surface area is 51.8 Å². The lowest BCUT2D eigenvalue weighted by molar-refractivity contribution is 0.866. The molecule has 0 spiro atoms. The van der Waals surface area contributed by atoms with Crippen LogP contribution in [0.15, 0.2) is 4.99 Å². The highest BCUT2D eigenvalue weighted by Crippen LogP contribution is 1.94. The van der Waals surface area contributed by atoms with Crippen LogP contribution in [0.4, 0.5) is 0 Å². The van der Waals surface area contributed by atoms with E-state index in [2.05, 4.69) is 32.7 Å².